The first kappa shape index (κ1) is 36.8. The minimum atomic E-state index is -4.83. The number of benzene rings is 4. The van der Waals surface area contributed by atoms with E-state index < -0.39 is 51.9 Å². The normalized spacial score (nSPS) is 13.0. The smallest absolute Gasteiger partial charge is 0.352 e. The lowest BCUT2D eigenvalue weighted by atomic mass is 10.0. The minimum Gasteiger partial charge on any atom is -0.352 e. The van der Waals surface area contributed by atoms with Crippen molar-refractivity contribution < 1.29 is 31.2 Å². The third kappa shape index (κ3) is 9.30. The van der Waals surface area contributed by atoms with Gasteiger partial charge in [-0.3, -0.25) is 13.9 Å². The van der Waals surface area contributed by atoms with E-state index in [9.17, 15) is 31.2 Å². The number of carbonyl (C=O) groups excluding carboxylic acids is 2. The molecule has 7 nitrogen and oxygen atoms in total. The van der Waals surface area contributed by atoms with E-state index in [0.717, 1.165) is 17.7 Å². The molecule has 2 amide bonds. The topological polar surface area (TPSA) is 86.8 Å². The summed E-state index contributed by atoms with van der Waals surface area (Å²) >= 11 is 12.5. The van der Waals surface area contributed by atoms with Crippen LogP contribution in [-0.4, -0.2) is 43.8 Å². The zero-order chi connectivity index (χ0) is 35.1. The van der Waals surface area contributed by atoms with E-state index in [2.05, 4.69) is 5.32 Å². The van der Waals surface area contributed by atoms with Crippen LogP contribution in [-0.2, 0) is 38.8 Å². The Hall–Kier alpha value is -4.06. The maximum absolute atomic E-state index is 14.5. The number of amides is 2. The van der Waals surface area contributed by atoms with E-state index in [-0.39, 0.29) is 28.9 Å². The van der Waals surface area contributed by atoms with Crippen LogP contribution in [0.2, 0.25) is 10.0 Å². The fourth-order valence-electron chi connectivity index (χ4n) is 4.89. The van der Waals surface area contributed by atoms with Gasteiger partial charge < -0.3 is 10.2 Å². The Kier molecular flexibility index (Phi) is 12.2. The highest BCUT2D eigenvalue weighted by Crippen LogP contribution is 2.37. The molecule has 0 aliphatic heterocycles. The van der Waals surface area contributed by atoms with Gasteiger partial charge in [0.1, 0.15) is 12.6 Å². The molecule has 0 saturated heterocycles. The van der Waals surface area contributed by atoms with Crippen LogP contribution in [0.5, 0.6) is 0 Å². The molecule has 2 atom stereocenters. The molecule has 0 unspecified atom stereocenters. The SMILES string of the molecule is CC[C@H](C)NC(=O)[C@H](Cc1ccccc1)N(Cc1ccc(Cl)cc1)C(=O)CN(c1cc(C(F)(F)F)ccc1Cl)S(=O)(=O)c1ccccc1. The molecule has 4 aromatic carbocycles. The van der Waals surface area contributed by atoms with Gasteiger partial charge in [-0.25, -0.2) is 8.42 Å². The van der Waals surface area contributed by atoms with E-state index in [1.165, 1.54) is 29.2 Å². The summed E-state index contributed by atoms with van der Waals surface area (Å²) in [6, 6.07) is 23.4. The third-order valence-electron chi connectivity index (χ3n) is 7.69. The molecule has 1 N–H and O–H groups in total. The van der Waals surface area contributed by atoms with Crippen LogP contribution in [0.15, 0.2) is 108 Å². The first-order chi connectivity index (χ1) is 22.7. The first-order valence-electron chi connectivity index (χ1n) is 15.0. The summed E-state index contributed by atoms with van der Waals surface area (Å²) < 4.78 is 70.3. The molecule has 0 aliphatic rings. The Labute approximate surface area is 288 Å². The van der Waals surface area contributed by atoms with Gasteiger partial charge in [-0.15, -0.1) is 0 Å². The van der Waals surface area contributed by atoms with Gasteiger partial charge >= 0.3 is 6.18 Å². The van der Waals surface area contributed by atoms with Crippen molar-refractivity contribution in [1.82, 2.24) is 10.2 Å². The first-order valence-corrected chi connectivity index (χ1v) is 17.2. The quantitative estimate of drug-likeness (QED) is 0.153. The highest BCUT2D eigenvalue weighted by atomic mass is 35.5. The molecule has 0 aromatic heterocycles. The molecule has 48 heavy (non-hydrogen) atoms. The number of halogens is 5. The number of rotatable bonds is 13. The van der Waals surface area contributed by atoms with Gasteiger partial charge in [0, 0.05) is 24.0 Å². The fraction of sp³-hybridized carbons (Fsp3) is 0.257. The summed E-state index contributed by atoms with van der Waals surface area (Å²) in [5.41, 5.74) is -0.392. The van der Waals surface area contributed by atoms with Crippen molar-refractivity contribution >= 4 is 50.7 Å². The fourth-order valence-corrected chi connectivity index (χ4v) is 6.74. The second-order valence-electron chi connectivity index (χ2n) is 11.2. The summed E-state index contributed by atoms with van der Waals surface area (Å²) in [6.45, 7) is 2.59. The van der Waals surface area contributed by atoms with Gasteiger partial charge in [-0.1, -0.05) is 90.8 Å². The predicted octanol–water partition coefficient (Wildman–Crippen LogP) is 7.76. The summed E-state index contributed by atoms with van der Waals surface area (Å²) in [6.07, 6.45) is -4.16. The van der Waals surface area contributed by atoms with E-state index in [1.54, 1.807) is 60.7 Å². The van der Waals surface area contributed by atoms with E-state index in [4.69, 9.17) is 23.2 Å². The van der Waals surface area contributed by atoms with E-state index in [0.29, 0.717) is 27.4 Å². The van der Waals surface area contributed by atoms with Crippen LogP contribution < -0.4 is 9.62 Å². The van der Waals surface area contributed by atoms with Gasteiger partial charge in [0.15, 0.2) is 0 Å². The lowest BCUT2D eigenvalue weighted by Crippen LogP contribution is -2.54. The largest absolute Gasteiger partial charge is 0.416 e. The standard InChI is InChI=1S/C35H34Cl2F3N3O4S/c1-3-24(2)41-34(45)32(20-25-10-6-4-7-11-25)42(22-26-14-17-28(36)18-15-26)33(44)23-43(48(46,47)29-12-8-5-9-13-29)31-21-27(35(38,39)40)16-19-30(31)37/h4-19,21,24,32H,3,20,22-23H2,1-2H3,(H,41,45)/t24-,32-/m0/s1. The number of carbonyl (C=O) groups is 2. The average molecular weight is 721 g/mol. The van der Waals surface area contributed by atoms with Crippen molar-refractivity contribution in [3.8, 4) is 0 Å². The van der Waals surface area contributed by atoms with Crippen molar-refractivity contribution in [2.45, 2.75) is 56.4 Å². The van der Waals surface area contributed by atoms with Gasteiger partial charge in [-0.2, -0.15) is 13.2 Å². The minimum absolute atomic E-state index is 0.0676. The molecule has 4 rings (SSSR count). The second kappa shape index (κ2) is 15.9. The van der Waals surface area contributed by atoms with Crippen molar-refractivity contribution in [2.75, 3.05) is 10.8 Å². The summed E-state index contributed by atoms with van der Waals surface area (Å²) in [7, 11) is -4.66. The number of alkyl halides is 3. The van der Waals surface area contributed by atoms with Gasteiger partial charge in [0.05, 0.1) is 21.2 Å². The van der Waals surface area contributed by atoms with Crippen molar-refractivity contribution in [3.05, 3.63) is 130 Å². The highest BCUT2D eigenvalue weighted by molar-refractivity contribution is 7.92. The number of nitrogens with one attached hydrogen (secondary N) is 1. The molecule has 0 heterocycles. The highest BCUT2D eigenvalue weighted by Gasteiger charge is 2.37. The number of sulfonamides is 1. The van der Waals surface area contributed by atoms with Crippen LogP contribution in [0.25, 0.3) is 0 Å². The lowest BCUT2D eigenvalue weighted by Gasteiger charge is -2.34. The number of hydrogen-bond acceptors (Lipinski definition) is 4. The zero-order valence-electron chi connectivity index (χ0n) is 26.1. The van der Waals surface area contributed by atoms with Crippen molar-refractivity contribution in [2.24, 2.45) is 0 Å². The van der Waals surface area contributed by atoms with Gasteiger partial charge in [0.25, 0.3) is 10.0 Å². The van der Waals surface area contributed by atoms with Crippen molar-refractivity contribution in [1.29, 1.82) is 0 Å². The maximum Gasteiger partial charge on any atom is 0.416 e. The van der Waals surface area contributed by atoms with Crippen LogP contribution in [0.4, 0.5) is 18.9 Å². The Morgan fingerprint density at radius 2 is 1.46 bits per heavy atom. The Morgan fingerprint density at radius 1 is 0.854 bits per heavy atom. The van der Waals surface area contributed by atoms with Crippen LogP contribution in [0.3, 0.4) is 0 Å². The molecule has 0 saturated carbocycles. The Bertz CT molecular complexity index is 1810. The molecule has 0 bridgehead atoms. The molecular formula is C35H34Cl2F3N3O4S. The van der Waals surface area contributed by atoms with Crippen LogP contribution in [0.1, 0.15) is 37.0 Å². The number of hydrogen-bond donors (Lipinski definition) is 1. The van der Waals surface area contributed by atoms with Gasteiger partial charge in [0.2, 0.25) is 11.8 Å². The summed E-state index contributed by atoms with van der Waals surface area (Å²) in [4.78, 5) is 29.4. The van der Waals surface area contributed by atoms with Crippen LogP contribution in [0, 0.1) is 0 Å². The molecule has 13 heteroatoms. The Balaban J connectivity index is 1.87. The maximum atomic E-state index is 14.5. The Morgan fingerprint density at radius 3 is 2.04 bits per heavy atom. The molecular weight excluding hydrogens is 686 g/mol. The van der Waals surface area contributed by atoms with Crippen LogP contribution >= 0.6 is 23.2 Å². The molecule has 4 aromatic rings. The average Bonchev–Trinajstić information content (AvgIpc) is 3.06. The molecule has 0 fully saturated rings. The summed E-state index contributed by atoms with van der Waals surface area (Å²) in [5, 5.41) is 3.03. The third-order valence-corrected chi connectivity index (χ3v) is 10.0. The lowest BCUT2D eigenvalue weighted by molar-refractivity contribution is -0.140. The van der Waals surface area contributed by atoms with Gasteiger partial charge in [-0.05, 0) is 66.9 Å². The summed E-state index contributed by atoms with van der Waals surface area (Å²) in [5.74, 6) is -1.33. The molecule has 254 valence electrons. The number of anilines is 1. The second-order valence-corrected chi connectivity index (χ2v) is 13.9. The van der Waals surface area contributed by atoms with E-state index >= 15 is 0 Å². The monoisotopic (exact) mass is 719 g/mol. The molecule has 0 radical (unpaired) electrons. The number of nitrogens with zero attached hydrogens (tertiary/aromatic N) is 2. The van der Waals surface area contributed by atoms with E-state index in [1.807, 2.05) is 13.8 Å². The zero-order valence-corrected chi connectivity index (χ0v) is 28.5. The predicted molar refractivity (Wildman–Crippen MR) is 181 cm³/mol. The molecule has 0 aliphatic carbocycles. The van der Waals surface area contributed by atoms with Crippen molar-refractivity contribution in [3.63, 3.8) is 0 Å². The molecule has 0 spiro atoms.